The summed E-state index contributed by atoms with van der Waals surface area (Å²) in [6.07, 6.45) is 0. The fraction of sp³-hybridized carbons (Fsp3) is 0.267. The van der Waals surface area contributed by atoms with Crippen molar-refractivity contribution in [2.24, 2.45) is 0 Å². The Balaban J connectivity index is 1.58. The van der Waals surface area contributed by atoms with Crippen molar-refractivity contribution in [3.8, 4) is 0 Å². The summed E-state index contributed by atoms with van der Waals surface area (Å²) in [5.74, 6) is 0.632. The van der Waals surface area contributed by atoms with E-state index in [9.17, 15) is 8.42 Å². The number of anilines is 1. The van der Waals surface area contributed by atoms with Crippen LogP contribution in [0.2, 0.25) is 0 Å². The largest absolute Gasteiger partial charge is 0.354 e. The summed E-state index contributed by atoms with van der Waals surface area (Å²) in [5, 5.41) is 3.09. The number of hydrogen-bond acceptors (Lipinski definition) is 5. The third-order valence-corrected chi connectivity index (χ3v) is 6.07. The molecular formula is C15H18N4O2S2. The molecule has 2 aromatic heterocycles. The summed E-state index contributed by atoms with van der Waals surface area (Å²) in [6, 6.07) is 9.42. The number of nitrogens with zero attached hydrogens (tertiary/aromatic N) is 1. The molecular weight excluding hydrogens is 332 g/mol. The number of imidazole rings is 1. The van der Waals surface area contributed by atoms with Crippen LogP contribution >= 0.6 is 11.3 Å². The second kappa shape index (κ2) is 6.31. The third-order valence-electron chi connectivity index (χ3n) is 3.38. The van der Waals surface area contributed by atoms with E-state index in [-0.39, 0.29) is 6.54 Å². The van der Waals surface area contributed by atoms with Gasteiger partial charge in [0.05, 0.1) is 15.9 Å². The van der Waals surface area contributed by atoms with Gasteiger partial charge in [0.2, 0.25) is 16.0 Å². The van der Waals surface area contributed by atoms with Crippen LogP contribution in [0.4, 0.5) is 5.95 Å². The summed E-state index contributed by atoms with van der Waals surface area (Å²) >= 11 is 1.48. The second-order valence-corrected chi connectivity index (χ2v) is 8.40. The summed E-state index contributed by atoms with van der Waals surface area (Å²) < 4.78 is 27.1. The van der Waals surface area contributed by atoms with Crippen LogP contribution in [0.25, 0.3) is 11.0 Å². The molecule has 3 N–H and O–H groups in total. The second-order valence-electron chi connectivity index (χ2n) is 5.20. The van der Waals surface area contributed by atoms with Crippen molar-refractivity contribution < 1.29 is 8.42 Å². The first-order valence-corrected chi connectivity index (χ1v) is 9.51. The molecule has 3 aromatic rings. The first-order valence-electron chi connectivity index (χ1n) is 7.21. The first-order chi connectivity index (χ1) is 11.0. The molecule has 3 rings (SSSR count). The molecule has 0 atom stereocenters. The van der Waals surface area contributed by atoms with Crippen LogP contribution < -0.4 is 10.0 Å². The number of sulfonamides is 1. The molecule has 0 fully saturated rings. The Morgan fingerprint density at radius 2 is 2.00 bits per heavy atom. The summed E-state index contributed by atoms with van der Waals surface area (Å²) in [6.45, 7) is 4.45. The topological polar surface area (TPSA) is 86.9 Å². The molecule has 1 aromatic carbocycles. The lowest BCUT2D eigenvalue weighted by Crippen LogP contribution is -2.29. The molecule has 0 aliphatic heterocycles. The van der Waals surface area contributed by atoms with Gasteiger partial charge in [0.1, 0.15) is 0 Å². The lowest BCUT2D eigenvalue weighted by Gasteiger charge is -2.06. The standard InChI is InChI=1S/C15H18N4O2S2/c1-10-9-14(11(2)22-10)23(20,21)17-8-7-16-15-18-12-5-3-4-6-13(12)19-15/h3-6,9,17H,7-8H2,1-2H3,(H2,16,18,19). The molecule has 6 nitrogen and oxygen atoms in total. The number of fused-ring (bicyclic) bond motifs is 1. The fourth-order valence-corrected chi connectivity index (χ4v) is 4.94. The van der Waals surface area contributed by atoms with Gasteiger partial charge in [0.25, 0.3) is 0 Å². The van der Waals surface area contributed by atoms with Crippen LogP contribution in [0.5, 0.6) is 0 Å². The smallest absolute Gasteiger partial charge is 0.241 e. The molecule has 0 amide bonds. The van der Waals surface area contributed by atoms with Crippen LogP contribution in [-0.2, 0) is 10.0 Å². The van der Waals surface area contributed by atoms with Crippen LogP contribution in [0, 0.1) is 13.8 Å². The average molecular weight is 350 g/mol. The Hall–Kier alpha value is -1.90. The molecule has 8 heteroatoms. The van der Waals surface area contributed by atoms with Crippen molar-refractivity contribution in [2.75, 3.05) is 18.4 Å². The zero-order valence-corrected chi connectivity index (χ0v) is 14.5. The number of nitrogens with one attached hydrogen (secondary N) is 3. The number of H-pyrrole nitrogens is 1. The van der Waals surface area contributed by atoms with Gasteiger partial charge in [-0.1, -0.05) is 12.1 Å². The monoisotopic (exact) mass is 350 g/mol. The van der Waals surface area contributed by atoms with Crippen molar-refractivity contribution in [3.63, 3.8) is 0 Å². The quantitative estimate of drug-likeness (QED) is 0.597. The Kier molecular flexibility index (Phi) is 4.38. The van der Waals surface area contributed by atoms with E-state index >= 15 is 0 Å². The van der Waals surface area contributed by atoms with Gasteiger partial charge < -0.3 is 10.3 Å². The van der Waals surface area contributed by atoms with Crippen LogP contribution in [0.1, 0.15) is 9.75 Å². The number of rotatable bonds is 6. The maximum atomic E-state index is 12.3. The van der Waals surface area contributed by atoms with Gasteiger partial charge >= 0.3 is 0 Å². The van der Waals surface area contributed by atoms with E-state index in [1.807, 2.05) is 38.1 Å². The molecule has 0 bridgehead atoms. The van der Waals surface area contributed by atoms with Gasteiger partial charge in [0, 0.05) is 22.8 Å². The minimum atomic E-state index is -3.46. The van der Waals surface area contributed by atoms with Crippen molar-refractivity contribution in [3.05, 3.63) is 40.1 Å². The van der Waals surface area contributed by atoms with Gasteiger partial charge in [-0.15, -0.1) is 11.3 Å². The van der Waals surface area contributed by atoms with E-state index < -0.39 is 10.0 Å². The number of aryl methyl sites for hydroxylation is 2. The predicted molar refractivity (Wildman–Crippen MR) is 93.6 cm³/mol. The molecule has 122 valence electrons. The SMILES string of the molecule is Cc1cc(S(=O)(=O)NCCNc2nc3ccccc3[nH]2)c(C)s1. The molecule has 0 saturated carbocycles. The van der Waals surface area contributed by atoms with E-state index in [2.05, 4.69) is 20.0 Å². The molecule has 23 heavy (non-hydrogen) atoms. The molecule has 0 aliphatic carbocycles. The Labute approximate surface area is 139 Å². The van der Waals surface area contributed by atoms with Crippen molar-refractivity contribution in [1.82, 2.24) is 14.7 Å². The van der Waals surface area contributed by atoms with Crippen molar-refractivity contribution >= 4 is 38.3 Å². The number of aromatic nitrogens is 2. The van der Waals surface area contributed by atoms with Crippen LogP contribution in [-0.4, -0.2) is 31.5 Å². The van der Waals surface area contributed by atoms with Crippen LogP contribution in [0.3, 0.4) is 0 Å². The van der Waals surface area contributed by atoms with Gasteiger partial charge in [0.15, 0.2) is 0 Å². The number of hydrogen-bond donors (Lipinski definition) is 3. The maximum absolute atomic E-state index is 12.3. The fourth-order valence-electron chi connectivity index (χ4n) is 2.35. The highest BCUT2D eigenvalue weighted by molar-refractivity contribution is 7.89. The minimum Gasteiger partial charge on any atom is -0.354 e. The Morgan fingerprint density at radius 3 is 2.70 bits per heavy atom. The maximum Gasteiger partial charge on any atom is 0.241 e. The van der Waals surface area contributed by atoms with Gasteiger partial charge in [-0.25, -0.2) is 18.1 Å². The molecule has 0 radical (unpaired) electrons. The van der Waals surface area contributed by atoms with Crippen molar-refractivity contribution in [1.29, 1.82) is 0 Å². The molecule has 0 aliphatic rings. The first kappa shape index (κ1) is 16.0. The van der Waals surface area contributed by atoms with E-state index in [0.29, 0.717) is 17.4 Å². The predicted octanol–water partition coefficient (Wildman–Crippen LogP) is 2.63. The van der Waals surface area contributed by atoms with Gasteiger partial charge in [-0.05, 0) is 32.0 Å². The highest BCUT2D eigenvalue weighted by Crippen LogP contribution is 2.24. The summed E-state index contributed by atoms with van der Waals surface area (Å²) in [4.78, 5) is 9.68. The number of benzene rings is 1. The lowest BCUT2D eigenvalue weighted by atomic mass is 10.3. The molecule has 2 heterocycles. The number of aromatic amines is 1. The van der Waals surface area contributed by atoms with E-state index in [1.54, 1.807) is 6.07 Å². The van der Waals surface area contributed by atoms with Gasteiger partial charge in [-0.3, -0.25) is 0 Å². The van der Waals surface area contributed by atoms with E-state index in [0.717, 1.165) is 20.8 Å². The lowest BCUT2D eigenvalue weighted by molar-refractivity contribution is 0.582. The van der Waals surface area contributed by atoms with E-state index in [1.165, 1.54) is 11.3 Å². The minimum absolute atomic E-state index is 0.285. The normalized spacial score (nSPS) is 11.9. The Bertz CT molecular complexity index is 895. The summed E-state index contributed by atoms with van der Waals surface area (Å²) in [7, 11) is -3.46. The average Bonchev–Trinajstić information content (AvgIpc) is 3.06. The molecule has 0 spiro atoms. The zero-order valence-electron chi connectivity index (χ0n) is 12.9. The third kappa shape index (κ3) is 3.54. The molecule has 0 saturated heterocycles. The number of thiophene rings is 1. The highest BCUT2D eigenvalue weighted by atomic mass is 32.2. The van der Waals surface area contributed by atoms with Crippen LogP contribution in [0.15, 0.2) is 35.2 Å². The Morgan fingerprint density at radius 1 is 1.22 bits per heavy atom. The molecule has 0 unspecified atom stereocenters. The van der Waals surface area contributed by atoms with E-state index in [4.69, 9.17) is 0 Å². The van der Waals surface area contributed by atoms with Crippen molar-refractivity contribution in [2.45, 2.75) is 18.7 Å². The number of para-hydroxylation sites is 2. The highest BCUT2D eigenvalue weighted by Gasteiger charge is 2.18. The van der Waals surface area contributed by atoms with Gasteiger partial charge in [-0.2, -0.15) is 0 Å². The summed E-state index contributed by atoms with van der Waals surface area (Å²) in [5.41, 5.74) is 1.82. The zero-order chi connectivity index (χ0) is 16.4.